The van der Waals surface area contributed by atoms with Crippen molar-refractivity contribution in [1.29, 1.82) is 0 Å². The molecule has 7 heteroatoms. The van der Waals surface area contributed by atoms with Gasteiger partial charge in [-0.3, -0.25) is 4.68 Å². The predicted molar refractivity (Wildman–Crippen MR) is 52.2 cm³/mol. The SMILES string of the molecule is CC(CNCC(F)(F)F)Oc1cnn(C)c1. The van der Waals surface area contributed by atoms with Crippen molar-refractivity contribution in [2.75, 3.05) is 13.1 Å². The Bertz CT molecular complexity index is 324. The Morgan fingerprint density at radius 1 is 1.56 bits per heavy atom. The van der Waals surface area contributed by atoms with Gasteiger partial charge in [0.25, 0.3) is 0 Å². The van der Waals surface area contributed by atoms with E-state index in [1.165, 1.54) is 6.20 Å². The minimum absolute atomic E-state index is 0.133. The van der Waals surface area contributed by atoms with Crippen LogP contribution in [0.1, 0.15) is 6.92 Å². The Morgan fingerprint density at radius 2 is 2.25 bits per heavy atom. The lowest BCUT2D eigenvalue weighted by Crippen LogP contribution is -2.35. The van der Waals surface area contributed by atoms with E-state index in [4.69, 9.17) is 4.74 Å². The van der Waals surface area contributed by atoms with Gasteiger partial charge in [0.05, 0.1) is 18.9 Å². The van der Waals surface area contributed by atoms with Crippen molar-refractivity contribution in [2.24, 2.45) is 7.05 Å². The predicted octanol–water partition coefficient (Wildman–Crippen LogP) is 1.34. The van der Waals surface area contributed by atoms with Crippen LogP contribution in [0.2, 0.25) is 0 Å². The summed E-state index contributed by atoms with van der Waals surface area (Å²) in [5.74, 6) is 0.545. The zero-order valence-electron chi connectivity index (χ0n) is 9.08. The quantitative estimate of drug-likeness (QED) is 0.840. The van der Waals surface area contributed by atoms with Gasteiger partial charge < -0.3 is 10.1 Å². The number of alkyl halides is 3. The third kappa shape index (κ3) is 5.01. The van der Waals surface area contributed by atoms with E-state index in [-0.39, 0.29) is 12.6 Å². The molecule has 0 bridgehead atoms. The number of aromatic nitrogens is 2. The highest BCUT2D eigenvalue weighted by atomic mass is 19.4. The molecule has 1 rings (SSSR count). The number of hydrogen-bond acceptors (Lipinski definition) is 3. The van der Waals surface area contributed by atoms with Crippen molar-refractivity contribution in [3.63, 3.8) is 0 Å². The third-order valence-electron chi connectivity index (χ3n) is 1.78. The normalized spacial score (nSPS) is 13.8. The first-order valence-corrected chi connectivity index (χ1v) is 4.79. The largest absolute Gasteiger partial charge is 0.486 e. The van der Waals surface area contributed by atoms with Gasteiger partial charge in [-0.2, -0.15) is 18.3 Å². The number of halogens is 3. The zero-order valence-corrected chi connectivity index (χ0v) is 9.08. The van der Waals surface area contributed by atoms with Crippen LogP contribution in [0.3, 0.4) is 0 Å². The fraction of sp³-hybridized carbons (Fsp3) is 0.667. The minimum Gasteiger partial charge on any atom is -0.486 e. The summed E-state index contributed by atoms with van der Waals surface area (Å²) in [6.07, 6.45) is -1.36. The van der Waals surface area contributed by atoms with E-state index in [9.17, 15) is 13.2 Å². The van der Waals surface area contributed by atoms with Crippen molar-refractivity contribution in [3.8, 4) is 5.75 Å². The Hall–Kier alpha value is -1.24. The van der Waals surface area contributed by atoms with E-state index in [0.29, 0.717) is 5.75 Å². The van der Waals surface area contributed by atoms with Crippen molar-refractivity contribution in [1.82, 2.24) is 15.1 Å². The molecule has 1 aromatic heterocycles. The lowest BCUT2D eigenvalue weighted by molar-refractivity contribution is -0.125. The molecular formula is C9H14F3N3O. The van der Waals surface area contributed by atoms with Crippen LogP contribution in [0.15, 0.2) is 12.4 Å². The van der Waals surface area contributed by atoms with Crippen molar-refractivity contribution >= 4 is 0 Å². The van der Waals surface area contributed by atoms with Gasteiger partial charge in [0.15, 0.2) is 5.75 Å². The van der Waals surface area contributed by atoms with E-state index in [0.717, 1.165) is 0 Å². The van der Waals surface area contributed by atoms with Crippen molar-refractivity contribution in [3.05, 3.63) is 12.4 Å². The average Bonchev–Trinajstić information content (AvgIpc) is 2.48. The second-order valence-corrected chi connectivity index (χ2v) is 3.52. The highest BCUT2D eigenvalue weighted by Gasteiger charge is 2.26. The number of hydrogen-bond donors (Lipinski definition) is 1. The van der Waals surface area contributed by atoms with Gasteiger partial charge in [0.2, 0.25) is 0 Å². The average molecular weight is 237 g/mol. The smallest absolute Gasteiger partial charge is 0.401 e. The van der Waals surface area contributed by atoms with Crippen LogP contribution >= 0.6 is 0 Å². The summed E-state index contributed by atoms with van der Waals surface area (Å²) >= 11 is 0. The summed E-state index contributed by atoms with van der Waals surface area (Å²) in [4.78, 5) is 0. The highest BCUT2D eigenvalue weighted by molar-refractivity contribution is 5.11. The fourth-order valence-electron chi connectivity index (χ4n) is 1.15. The number of nitrogens with one attached hydrogen (secondary N) is 1. The van der Waals surface area contributed by atoms with Crippen LogP contribution in [0.25, 0.3) is 0 Å². The molecule has 0 saturated heterocycles. The summed E-state index contributed by atoms with van der Waals surface area (Å²) in [6, 6.07) is 0. The Morgan fingerprint density at radius 3 is 2.75 bits per heavy atom. The number of nitrogens with zero attached hydrogens (tertiary/aromatic N) is 2. The van der Waals surface area contributed by atoms with Crippen LogP contribution in [-0.2, 0) is 7.05 Å². The molecule has 1 atom stereocenters. The minimum atomic E-state index is -4.19. The second-order valence-electron chi connectivity index (χ2n) is 3.52. The fourth-order valence-corrected chi connectivity index (χ4v) is 1.15. The van der Waals surface area contributed by atoms with Gasteiger partial charge in [-0.15, -0.1) is 0 Å². The zero-order chi connectivity index (χ0) is 12.2. The Balaban J connectivity index is 2.23. The van der Waals surface area contributed by atoms with Gasteiger partial charge in [0.1, 0.15) is 6.10 Å². The molecule has 0 aliphatic heterocycles. The summed E-state index contributed by atoms with van der Waals surface area (Å²) < 4.78 is 42.4. The van der Waals surface area contributed by atoms with Gasteiger partial charge in [-0.1, -0.05) is 0 Å². The Kier molecular flexibility index (Phi) is 4.17. The van der Waals surface area contributed by atoms with Crippen molar-refractivity contribution in [2.45, 2.75) is 19.2 Å². The lowest BCUT2D eigenvalue weighted by Gasteiger charge is -2.14. The molecule has 16 heavy (non-hydrogen) atoms. The van der Waals surface area contributed by atoms with Crippen LogP contribution in [0.5, 0.6) is 5.75 Å². The molecule has 0 amide bonds. The number of aryl methyl sites for hydroxylation is 1. The third-order valence-corrected chi connectivity index (χ3v) is 1.78. The van der Waals surface area contributed by atoms with Crippen LogP contribution < -0.4 is 10.1 Å². The first-order valence-electron chi connectivity index (χ1n) is 4.79. The first-order chi connectivity index (χ1) is 7.37. The standard InChI is InChI=1S/C9H14F3N3O/c1-7(3-13-6-9(10,11)12)16-8-4-14-15(2)5-8/h4-5,7,13H,3,6H2,1-2H3. The lowest BCUT2D eigenvalue weighted by atomic mass is 10.4. The van der Waals surface area contributed by atoms with E-state index in [1.54, 1.807) is 24.9 Å². The van der Waals surface area contributed by atoms with Gasteiger partial charge >= 0.3 is 6.18 Å². The van der Waals surface area contributed by atoms with Gasteiger partial charge in [-0.05, 0) is 6.92 Å². The van der Waals surface area contributed by atoms with E-state index in [1.807, 2.05) is 0 Å². The number of rotatable bonds is 5. The molecule has 0 saturated carbocycles. The molecule has 92 valence electrons. The number of ether oxygens (including phenoxy) is 1. The van der Waals surface area contributed by atoms with Gasteiger partial charge in [0, 0.05) is 13.6 Å². The highest BCUT2D eigenvalue weighted by Crippen LogP contribution is 2.12. The maximum atomic E-state index is 11.8. The summed E-state index contributed by atoms with van der Waals surface area (Å²) in [5.41, 5.74) is 0. The molecule has 0 radical (unpaired) electrons. The molecule has 1 unspecified atom stereocenters. The first kappa shape index (κ1) is 12.8. The molecule has 0 aliphatic carbocycles. The molecule has 1 heterocycles. The molecular weight excluding hydrogens is 223 g/mol. The molecule has 0 spiro atoms. The molecule has 1 aromatic rings. The summed E-state index contributed by atoms with van der Waals surface area (Å²) in [6.45, 7) is 0.818. The monoisotopic (exact) mass is 237 g/mol. The second kappa shape index (κ2) is 5.20. The molecule has 1 N–H and O–H groups in total. The Labute approximate surface area is 91.4 Å². The van der Waals surface area contributed by atoms with E-state index >= 15 is 0 Å². The topological polar surface area (TPSA) is 39.1 Å². The molecule has 0 aliphatic rings. The summed E-state index contributed by atoms with van der Waals surface area (Å²) in [7, 11) is 1.74. The van der Waals surface area contributed by atoms with Crippen LogP contribution in [-0.4, -0.2) is 35.2 Å². The molecule has 4 nitrogen and oxygen atoms in total. The van der Waals surface area contributed by atoms with Crippen LogP contribution in [0.4, 0.5) is 13.2 Å². The molecule has 0 fully saturated rings. The maximum absolute atomic E-state index is 11.8. The van der Waals surface area contributed by atoms with E-state index in [2.05, 4.69) is 10.4 Å². The molecule has 0 aromatic carbocycles. The maximum Gasteiger partial charge on any atom is 0.401 e. The summed E-state index contributed by atoms with van der Waals surface area (Å²) in [5, 5.41) is 6.16. The van der Waals surface area contributed by atoms with Crippen LogP contribution in [0, 0.1) is 0 Å². The van der Waals surface area contributed by atoms with Crippen molar-refractivity contribution < 1.29 is 17.9 Å². The van der Waals surface area contributed by atoms with Gasteiger partial charge in [-0.25, -0.2) is 0 Å². The van der Waals surface area contributed by atoms with E-state index < -0.39 is 12.7 Å².